The summed E-state index contributed by atoms with van der Waals surface area (Å²) < 4.78 is 23.0. The van der Waals surface area contributed by atoms with Crippen LogP contribution in [0, 0.1) is 5.92 Å². The van der Waals surface area contributed by atoms with Gasteiger partial charge in [-0.25, -0.2) is 0 Å². The van der Waals surface area contributed by atoms with Crippen LogP contribution in [0.4, 0.5) is 0 Å². The van der Waals surface area contributed by atoms with Crippen LogP contribution in [0.25, 0.3) is 0 Å². The zero-order chi connectivity index (χ0) is 21.0. The minimum absolute atomic E-state index is 0.241. The molecule has 0 aromatic carbocycles. The van der Waals surface area contributed by atoms with Gasteiger partial charge in [-0.2, -0.15) is 11.8 Å². The molecule has 0 amide bonds. The van der Waals surface area contributed by atoms with Crippen molar-refractivity contribution in [2.24, 2.45) is 5.92 Å². The van der Waals surface area contributed by atoms with Crippen molar-refractivity contribution in [1.82, 2.24) is 0 Å². The number of thioether (sulfide) groups is 1. The zero-order valence-electron chi connectivity index (χ0n) is 16.7. The zero-order valence-corrected chi connectivity index (χ0v) is 17.5. The maximum Gasteiger partial charge on any atom is 0.186 e. The van der Waals surface area contributed by atoms with Crippen LogP contribution in [0.1, 0.15) is 32.6 Å². The molecule has 10 atom stereocenters. The fourth-order valence-electron chi connectivity index (χ4n) is 4.16. The van der Waals surface area contributed by atoms with Crippen LogP contribution in [0.5, 0.6) is 0 Å². The summed E-state index contributed by atoms with van der Waals surface area (Å²) in [6, 6.07) is 0. The van der Waals surface area contributed by atoms with E-state index in [2.05, 4.69) is 6.92 Å². The molecular formula is C19H34O9S. The van der Waals surface area contributed by atoms with Gasteiger partial charge in [-0.05, 0) is 25.0 Å². The second-order valence-electron chi connectivity index (χ2n) is 7.94. The van der Waals surface area contributed by atoms with Crippen molar-refractivity contribution in [2.75, 3.05) is 24.7 Å². The molecule has 0 aromatic heterocycles. The predicted molar refractivity (Wildman–Crippen MR) is 104 cm³/mol. The lowest BCUT2D eigenvalue weighted by Gasteiger charge is -2.47. The van der Waals surface area contributed by atoms with E-state index in [0.29, 0.717) is 25.2 Å². The van der Waals surface area contributed by atoms with Gasteiger partial charge in [0.15, 0.2) is 12.6 Å². The van der Waals surface area contributed by atoms with Crippen molar-refractivity contribution in [1.29, 1.82) is 0 Å². The van der Waals surface area contributed by atoms with Gasteiger partial charge in [0.1, 0.15) is 30.5 Å². The van der Waals surface area contributed by atoms with Crippen LogP contribution < -0.4 is 0 Å². The van der Waals surface area contributed by atoms with Gasteiger partial charge in [0.05, 0.1) is 18.8 Å². The second kappa shape index (κ2) is 11.0. The summed E-state index contributed by atoms with van der Waals surface area (Å²) in [4.78, 5) is 0. The Morgan fingerprint density at radius 1 is 0.862 bits per heavy atom. The molecule has 170 valence electrons. The Kier molecular flexibility index (Phi) is 9.00. The molecule has 0 spiro atoms. The summed E-state index contributed by atoms with van der Waals surface area (Å²) in [7, 11) is 0. The van der Waals surface area contributed by atoms with Crippen molar-refractivity contribution in [3.8, 4) is 0 Å². The molecule has 6 aliphatic rings. The van der Waals surface area contributed by atoms with Gasteiger partial charge in [0.2, 0.25) is 0 Å². The van der Waals surface area contributed by atoms with Crippen LogP contribution in [-0.2, 0) is 18.9 Å². The summed E-state index contributed by atoms with van der Waals surface area (Å²) >= 11 is 1.72. The van der Waals surface area contributed by atoms with Gasteiger partial charge in [0, 0.05) is 18.3 Å². The first kappa shape index (κ1) is 23.6. The van der Waals surface area contributed by atoms with Gasteiger partial charge >= 0.3 is 0 Å². The third-order valence-corrected chi connectivity index (χ3v) is 7.07. The van der Waals surface area contributed by atoms with Crippen LogP contribution in [-0.4, -0.2) is 106 Å². The van der Waals surface area contributed by atoms with Crippen molar-refractivity contribution in [3.63, 3.8) is 0 Å². The largest absolute Gasteiger partial charge is 0.394 e. The van der Waals surface area contributed by atoms with Crippen molar-refractivity contribution >= 4 is 11.8 Å². The topological polar surface area (TPSA) is 138 Å². The summed E-state index contributed by atoms with van der Waals surface area (Å²) in [6.07, 6.45) is -6.80. The first-order chi connectivity index (χ1) is 14.0. The molecule has 6 saturated heterocycles. The molecule has 6 unspecified atom stereocenters. The Bertz CT molecular complexity index is 496. The minimum atomic E-state index is -1.41. The molecule has 0 aromatic rings. The normalized spacial score (nSPS) is 46.6. The number of hydrogen-bond acceptors (Lipinski definition) is 10. The lowest BCUT2D eigenvalue weighted by atomic mass is 9.85. The summed E-state index contributed by atoms with van der Waals surface area (Å²) in [5, 5.41) is 52.0. The van der Waals surface area contributed by atoms with Gasteiger partial charge in [-0.3, -0.25) is 0 Å². The molecule has 4 bridgehead atoms. The maximum atomic E-state index is 10.8. The van der Waals surface area contributed by atoms with E-state index in [1.54, 1.807) is 11.8 Å². The Balaban J connectivity index is 1.83. The molecule has 0 aliphatic carbocycles. The standard InChI is InChI=1S/C19H34O9S/c1-2-7-29-9-12-10-5-3-4-6-25-18-16(24)14(22)17(11(8-20)26-18)28-19(27-12)15(23)13(10)21/h10-24H,2-9H2,1H3/t10?,11?,12?,13-,14+,15?,16?,17?,18-,19+/m0/s1. The Hall–Kier alpha value is -0.0100. The predicted octanol–water partition coefficient (Wildman–Crippen LogP) is -0.783. The first-order valence-electron chi connectivity index (χ1n) is 10.5. The van der Waals surface area contributed by atoms with Crippen molar-refractivity contribution in [3.05, 3.63) is 0 Å². The number of hydrogen-bond donors (Lipinski definition) is 5. The highest BCUT2D eigenvalue weighted by atomic mass is 32.2. The number of aliphatic hydroxyl groups is 5. The summed E-state index contributed by atoms with van der Waals surface area (Å²) in [6.45, 7) is 1.91. The monoisotopic (exact) mass is 438 g/mol. The van der Waals surface area contributed by atoms with E-state index in [4.69, 9.17) is 18.9 Å². The minimum Gasteiger partial charge on any atom is -0.394 e. The number of rotatable bonds is 5. The molecule has 0 radical (unpaired) electrons. The van der Waals surface area contributed by atoms with Crippen LogP contribution >= 0.6 is 11.8 Å². The van der Waals surface area contributed by atoms with Crippen LogP contribution in [0.2, 0.25) is 0 Å². The summed E-state index contributed by atoms with van der Waals surface area (Å²) in [5.74, 6) is 1.37. The van der Waals surface area contributed by atoms with Gasteiger partial charge in [0.25, 0.3) is 0 Å². The van der Waals surface area contributed by atoms with Gasteiger partial charge < -0.3 is 44.5 Å². The highest BCUT2D eigenvalue weighted by molar-refractivity contribution is 7.99. The third kappa shape index (κ3) is 5.43. The van der Waals surface area contributed by atoms with E-state index >= 15 is 0 Å². The van der Waals surface area contributed by atoms with Crippen molar-refractivity contribution in [2.45, 2.75) is 87.9 Å². The Morgan fingerprint density at radius 3 is 2.31 bits per heavy atom. The molecular weight excluding hydrogens is 404 g/mol. The highest BCUT2D eigenvalue weighted by Crippen LogP contribution is 2.35. The SMILES string of the molecule is CCCSCC1O[C@@H]2OC3C(CO)O[C@H](OCCCCC1[C@H](O)C2O)C(O)[C@H]3O. The second-order valence-corrected chi connectivity index (χ2v) is 9.09. The molecule has 10 heteroatoms. The summed E-state index contributed by atoms with van der Waals surface area (Å²) in [5.41, 5.74) is 0. The molecule has 6 fully saturated rings. The van der Waals surface area contributed by atoms with E-state index in [1.165, 1.54) is 0 Å². The number of ether oxygens (including phenoxy) is 4. The van der Waals surface area contributed by atoms with E-state index in [-0.39, 0.29) is 12.0 Å². The van der Waals surface area contributed by atoms with Gasteiger partial charge in [-0.1, -0.05) is 13.3 Å². The lowest BCUT2D eigenvalue weighted by molar-refractivity contribution is -0.354. The average molecular weight is 439 g/mol. The lowest BCUT2D eigenvalue weighted by Crippen LogP contribution is -2.63. The quantitative estimate of drug-likeness (QED) is 0.347. The van der Waals surface area contributed by atoms with E-state index in [9.17, 15) is 25.5 Å². The smallest absolute Gasteiger partial charge is 0.186 e. The van der Waals surface area contributed by atoms with Crippen LogP contribution in [0.3, 0.4) is 0 Å². The molecule has 9 nitrogen and oxygen atoms in total. The van der Waals surface area contributed by atoms with Gasteiger partial charge in [-0.15, -0.1) is 0 Å². The van der Waals surface area contributed by atoms with Crippen LogP contribution in [0.15, 0.2) is 0 Å². The molecule has 6 aliphatic heterocycles. The fourth-order valence-corrected chi connectivity index (χ4v) is 5.17. The molecule has 6 heterocycles. The average Bonchev–Trinajstić information content (AvgIpc) is 2.71. The molecule has 5 N–H and O–H groups in total. The fraction of sp³-hybridized carbons (Fsp3) is 1.00. The first-order valence-corrected chi connectivity index (χ1v) is 11.6. The molecule has 6 rings (SSSR count). The maximum absolute atomic E-state index is 10.8. The van der Waals surface area contributed by atoms with Crippen molar-refractivity contribution < 1.29 is 44.5 Å². The van der Waals surface area contributed by atoms with E-state index in [1.807, 2.05) is 0 Å². The molecule has 29 heavy (non-hydrogen) atoms. The Morgan fingerprint density at radius 2 is 1.59 bits per heavy atom. The molecule has 0 saturated carbocycles. The Labute approximate surface area is 175 Å². The van der Waals surface area contributed by atoms with E-state index in [0.717, 1.165) is 18.6 Å². The highest BCUT2D eigenvalue weighted by Gasteiger charge is 2.50. The van der Waals surface area contributed by atoms with E-state index < -0.39 is 55.8 Å². The number of aliphatic hydroxyl groups excluding tert-OH is 5. The third-order valence-electron chi connectivity index (χ3n) is 5.81.